The van der Waals surface area contributed by atoms with E-state index >= 15 is 0 Å². The lowest BCUT2D eigenvalue weighted by molar-refractivity contribution is 0.252. The number of aromatic nitrogens is 2. The van der Waals surface area contributed by atoms with Gasteiger partial charge in [-0.05, 0) is 34.2 Å². The molecule has 0 saturated heterocycles. The molecule has 1 aliphatic carbocycles. The second-order valence-corrected chi connectivity index (χ2v) is 5.77. The third kappa shape index (κ3) is 3.09. The molecule has 17 heavy (non-hydrogen) atoms. The molecule has 1 saturated carbocycles. The number of nitrogens with zero attached hydrogens (tertiary/aromatic N) is 2. The second kappa shape index (κ2) is 5.21. The van der Waals surface area contributed by atoms with Gasteiger partial charge in [-0.25, -0.2) is 4.98 Å². The zero-order chi connectivity index (χ0) is 12.4. The summed E-state index contributed by atoms with van der Waals surface area (Å²) in [6.45, 7) is 4.61. The molecule has 1 heterocycles. The van der Waals surface area contributed by atoms with Gasteiger partial charge in [-0.15, -0.1) is 0 Å². The van der Waals surface area contributed by atoms with Crippen LogP contribution in [0.1, 0.15) is 33.1 Å². The summed E-state index contributed by atoms with van der Waals surface area (Å²) < 4.78 is 0.726. The maximum absolute atomic E-state index is 5.71. The number of rotatable bonds is 2. The Bertz CT molecular complexity index is 376. The molecule has 2 rings (SSSR count). The van der Waals surface area contributed by atoms with Gasteiger partial charge in [0.1, 0.15) is 10.4 Å². The summed E-state index contributed by atoms with van der Waals surface area (Å²) in [5.74, 6) is 2.52. The van der Waals surface area contributed by atoms with Crippen molar-refractivity contribution >= 4 is 27.7 Å². The Morgan fingerprint density at radius 1 is 1.35 bits per heavy atom. The Hall–Kier alpha value is -0.840. The minimum absolute atomic E-state index is 0.451. The number of halogens is 1. The van der Waals surface area contributed by atoms with Crippen molar-refractivity contribution in [2.75, 3.05) is 11.1 Å². The lowest BCUT2D eigenvalue weighted by atomic mass is 9.78. The van der Waals surface area contributed by atoms with E-state index in [1.165, 1.54) is 19.3 Å². The molecule has 5 heteroatoms. The van der Waals surface area contributed by atoms with Crippen LogP contribution >= 0.6 is 15.9 Å². The van der Waals surface area contributed by atoms with Gasteiger partial charge in [0.25, 0.3) is 0 Å². The zero-order valence-corrected chi connectivity index (χ0v) is 11.9. The first-order chi connectivity index (χ1) is 8.06. The van der Waals surface area contributed by atoms with Crippen LogP contribution in [0.15, 0.2) is 10.7 Å². The van der Waals surface area contributed by atoms with Crippen molar-refractivity contribution in [1.29, 1.82) is 0 Å². The van der Waals surface area contributed by atoms with Crippen LogP contribution in [0.2, 0.25) is 0 Å². The smallest absolute Gasteiger partial charge is 0.225 e. The van der Waals surface area contributed by atoms with Crippen molar-refractivity contribution in [3.63, 3.8) is 0 Å². The van der Waals surface area contributed by atoms with Crippen LogP contribution < -0.4 is 11.1 Å². The SMILES string of the molecule is CC1CCCC(Nc2nc(N)cc(Br)n2)C1C. The van der Waals surface area contributed by atoms with Gasteiger partial charge in [0.05, 0.1) is 0 Å². The lowest BCUT2D eigenvalue weighted by Gasteiger charge is -2.34. The van der Waals surface area contributed by atoms with Crippen molar-refractivity contribution in [2.45, 2.75) is 39.2 Å². The van der Waals surface area contributed by atoms with E-state index < -0.39 is 0 Å². The molecule has 94 valence electrons. The molecule has 3 atom stereocenters. The van der Waals surface area contributed by atoms with Crippen LogP contribution in [-0.2, 0) is 0 Å². The molecule has 1 aromatic heterocycles. The van der Waals surface area contributed by atoms with E-state index in [0.29, 0.717) is 23.7 Å². The number of nitrogens with two attached hydrogens (primary N) is 1. The van der Waals surface area contributed by atoms with Gasteiger partial charge in [-0.2, -0.15) is 4.98 Å². The largest absolute Gasteiger partial charge is 0.383 e. The molecule has 4 nitrogen and oxygen atoms in total. The Labute approximate surface area is 111 Å². The van der Waals surface area contributed by atoms with Gasteiger partial charge < -0.3 is 11.1 Å². The molecule has 1 fully saturated rings. The first-order valence-corrected chi connectivity index (χ1v) is 6.92. The van der Waals surface area contributed by atoms with Gasteiger partial charge in [-0.1, -0.05) is 26.7 Å². The maximum Gasteiger partial charge on any atom is 0.225 e. The summed E-state index contributed by atoms with van der Waals surface area (Å²) in [5, 5.41) is 3.41. The summed E-state index contributed by atoms with van der Waals surface area (Å²) >= 11 is 3.33. The van der Waals surface area contributed by atoms with E-state index in [-0.39, 0.29) is 0 Å². The van der Waals surface area contributed by atoms with Crippen molar-refractivity contribution in [3.8, 4) is 0 Å². The Kier molecular flexibility index (Phi) is 3.86. The molecule has 0 aromatic carbocycles. The molecular weight excluding hydrogens is 280 g/mol. The highest BCUT2D eigenvalue weighted by Crippen LogP contribution is 2.31. The van der Waals surface area contributed by atoms with Crippen molar-refractivity contribution in [3.05, 3.63) is 10.7 Å². The van der Waals surface area contributed by atoms with Gasteiger partial charge in [0, 0.05) is 12.1 Å². The second-order valence-electron chi connectivity index (χ2n) is 4.96. The number of hydrogen-bond donors (Lipinski definition) is 2. The first-order valence-electron chi connectivity index (χ1n) is 6.13. The molecule has 0 aliphatic heterocycles. The highest BCUT2D eigenvalue weighted by molar-refractivity contribution is 9.10. The molecule has 1 aromatic rings. The fraction of sp³-hybridized carbons (Fsp3) is 0.667. The summed E-state index contributed by atoms with van der Waals surface area (Å²) in [6.07, 6.45) is 3.77. The lowest BCUT2D eigenvalue weighted by Crippen LogP contribution is -2.35. The standard InChI is InChI=1S/C12H19BrN4/c1-7-4-3-5-9(8(7)2)15-12-16-10(13)6-11(14)17-12/h6-9H,3-5H2,1-2H3,(H3,14,15,16,17). The van der Waals surface area contributed by atoms with Gasteiger partial charge in [0.2, 0.25) is 5.95 Å². The summed E-state index contributed by atoms with van der Waals surface area (Å²) in [5.41, 5.74) is 5.71. The molecule has 0 radical (unpaired) electrons. The number of nitrogens with one attached hydrogen (secondary N) is 1. The normalized spacial score (nSPS) is 29.0. The predicted molar refractivity (Wildman–Crippen MR) is 73.7 cm³/mol. The highest BCUT2D eigenvalue weighted by atomic mass is 79.9. The third-order valence-electron chi connectivity index (χ3n) is 3.74. The molecule has 0 spiro atoms. The van der Waals surface area contributed by atoms with E-state index in [0.717, 1.165) is 10.5 Å². The quantitative estimate of drug-likeness (QED) is 0.824. The van der Waals surface area contributed by atoms with Crippen LogP contribution in [0.4, 0.5) is 11.8 Å². The highest BCUT2D eigenvalue weighted by Gasteiger charge is 2.27. The Balaban J connectivity index is 2.09. The molecule has 3 unspecified atom stereocenters. The predicted octanol–water partition coefficient (Wildman–Crippen LogP) is 3.06. The maximum atomic E-state index is 5.71. The molecule has 0 bridgehead atoms. The van der Waals surface area contributed by atoms with E-state index in [1.54, 1.807) is 6.07 Å². The number of hydrogen-bond acceptors (Lipinski definition) is 4. The molecular formula is C12H19BrN4. The first kappa shape index (κ1) is 12.6. The molecule has 3 N–H and O–H groups in total. The van der Waals surface area contributed by atoms with Crippen molar-refractivity contribution in [2.24, 2.45) is 11.8 Å². The minimum atomic E-state index is 0.451. The topological polar surface area (TPSA) is 63.8 Å². The average molecular weight is 299 g/mol. The molecule has 1 aliphatic rings. The number of nitrogen functional groups attached to an aromatic ring is 1. The zero-order valence-electron chi connectivity index (χ0n) is 10.3. The van der Waals surface area contributed by atoms with Crippen LogP contribution in [0.3, 0.4) is 0 Å². The van der Waals surface area contributed by atoms with Crippen LogP contribution in [-0.4, -0.2) is 16.0 Å². The van der Waals surface area contributed by atoms with Gasteiger partial charge in [-0.3, -0.25) is 0 Å². The van der Waals surface area contributed by atoms with E-state index in [2.05, 4.69) is 45.1 Å². The minimum Gasteiger partial charge on any atom is -0.383 e. The van der Waals surface area contributed by atoms with Crippen molar-refractivity contribution in [1.82, 2.24) is 9.97 Å². The van der Waals surface area contributed by atoms with Crippen molar-refractivity contribution < 1.29 is 0 Å². The summed E-state index contributed by atoms with van der Waals surface area (Å²) in [4.78, 5) is 8.52. The Morgan fingerprint density at radius 3 is 2.82 bits per heavy atom. The summed E-state index contributed by atoms with van der Waals surface area (Å²) in [7, 11) is 0. The fourth-order valence-corrected chi connectivity index (χ4v) is 2.85. The van der Waals surface area contributed by atoms with Crippen LogP contribution in [0.25, 0.3) is 0 Å². The van der Waals surface area contributed by atoms with E-state index in [1.807, 2.05) is 0 Å². The summed E-state index contributed by atoms with van der Waals surface area (Å²) in [6, 6.07) is 2.16. The van der Waals surface area contributed by atoms with Crippen LogP contribution in [0, 0.1) is 11.8 Å². The van der Waals surface area contributed by atoms with E-state index in [4.69, 9.17) is 5.73 Å². The van der Waals surface area contributed by atoms with Gasteiger partial charge >= 0.3 is 0 Å². The van der Waals surface area contributed by atoms with Crippen LogP contribution in [0.5, 0.6) is 0 Å². The number of anilines is 2. The Morgan fingerprint density at radius 2 is 2.12 bits per heavy atom. The monoisotopic (exact) mass is 298 g/mol. The van der Waals surface area contributed by atoms with Gasteiger partial charge in [0.15, 0.2) is 0 Å². The van der Waals surface area contributed by atoms with E-state index in [9.17, 15) is 0 Å². The fourth-order valence-electron chi connectivity index (χ4n) is 2.45. The third-order valence-corrected chi connectivity index (χ3v) is 4.14. The average Bonchev–Trinajstić information content (AvgIpc) is 2.23. The molecule has 0 amide bonds.